The van der Waals surface area contributed by atoms with Gasteiger partial charge in [-0.15, -0.1) is 0 Å². The summed E-state index contributed by atoms with van der Waals surface area (Å²) >= 11 is 1.47. The fourth-order valence-electron chi connectivity index (χ4n) is 1.33. The van der Waals surface area contributed by atoms with Crippen molar-refractivity contribution < 1.29 is 19.7 Å². The van der Waals surface area contributed by atoms with Gasteiger partial charge in [-0.05, 0) is 19.2 Å². The first kappa shape index (κ1) is 12.7. The molecule has 0 saturated heterocycles. The Hall–Kier alpha value is -1.36. The van der Waals surface area contributed by atoms with Gasteiger partial charge in [-0.2, -0.15) is 11.8 Å². The van der Waals surface area contributed by atoms with E-state index in [-0.39, 0.29) is 23.7 Å². The number of hydrogen-bond acceptors (Lipinski definition) is 5. The Morgan fingerprint density at radius 2 is 2.12 bits per heavy atom. The van der Waals surface area contributed by atoms with E-state index in [0.29, 0.717) is 11.3 Å². The third-order valence-corrected chi connectivity index (χ3v) is 2.57. The van der Waals surface area contributed by atoms with Crippen molar-refractivity contribution >= 4 is 17.7 Å². The highest BCUT2D eigenvalue weighted by Crippen LogP contribution is 2.30. The standard InChI is InChI=1S/C11H14O4S/c1-3-15-11(14)8-4-7(12)5-10(13)9(8)6-16-2/h4-5,12-13H,3,6H2,1-2H3. The van der Waals surface area contributed by atoms with E-state index in [4.69, 9.17) is 4.74 Å². The summed E-state index contributed by atoms with van der Waals surface area (Å²) in [5.74, 6) is -0.277. The number of esters is 1. The molecule has 0 aliphatic rings. The summed E-state index contributed by atoms with van der Waals surface area (Å²) < 4.78 is 4.85. The third kappa shape index (κ3) is 2.82. The number of phenols is 2. The van der Waals surface area contributed by atoms with Gasteiger partial charge in [-0.25, -0.2) is 4.79 Å². The van der Waals surface area contributed by atoms with Gasteiger partial charge in [0.25, 0.3) is 0 Å². The minimum Gasteiger partial charge on any atom is -0.508 e. The second kappa shape index (κ2) is 5.65. The number of benzene rings is 1. The van der Waals surface area contributed by atoms with Crippen LogP contribution in [0.5, 0.6) is 11.5 Å². The maximum atomic E-state index is 11.6. The van der Waals surface area contributed by atoms with Crippen LogP contribution in [0.2, 0.25) is 0 Å². The lowest BCUT2D eigenvalue weighted by Crippen LogP contribution is -2.07. The highest BCUT2D eigenvalue weighted by Gasteiger charge is 2.17. The number of hydrogen-bond donors (Lipinski definition) is 2. The molecule has 88 valence electrons. The maximum absolute atomic E-state index is 11.6. The van der Waals surface area contributed by atoms with Crippen molar-refractivity contribution in [3.05, 3.63) is 23.3 Å². The normalized spacial score (nSPS) is 10.1. The monoisotopic (exact) mass is 242 g/mol. The van der Waals surface area contributed by atoms with Crippen LogP contribution in [0.4, 0.5) is 0 Å². The van der Waals surface area contributed by atoms with Crippen LogP contribution in [0.3, 0.4) is 0 Å². The number of ether oxygens (including phenoxy) is 1. The van der Waals surface area contributed by atoms with Crippen molar-refractivity contribution in [3.8, 4) is 11.5 Å². The molecule has 4 nitrogen and oxygen atoms in total. The van der Waals surface area contributed by atoms with Crippen LogP contribution < -0.4 is 0 Å². The molecule has 5 heteroatoms. The summed E-state index contributed by atoms with van der Waals surface area (Å²) in [7, 11) is 0. The van der Waals surface area contributed by atoms with E-state index >= 15 is 0 Å². The van der Waals surface area contributed by atoms with Gasteiger partial charge >= 0.3 is 5.97 Å². The Bertz CT molecular complexity index is 390. The first-order valence-corrected chi connectivity index (χ1v) is 6.20. The molecule has 16 heavy (non-hydrogen) atoms. The van der Waals surface area contributed by atoms with Crippen molar-refractivity contribution in [2.24, 2.45) is 0 Å². The maximum Gasteiger partial charge on any atom is 0.338 e. The van der Waals surface area contributed by atoms with E-state index in [2.05, 4.69) is 0 Å². The fourth-order valence-corrected chi connectivity index (χ4v) is 1.92. The summed E-state index contributed by atoms with van der Waals surface area (Å²) in [5.41, 5.74) is 0.706. The molecule has 2 N–H and O–H groups in total. The van der Waals surface area contributed by atoms with E-state index in [9.17, 15) is 15.0 Å². The van der Waals surface area contributed by atoms with Gasteiger partial charge in [0.15, 0.2) is 0 Å². The van der Waals surface area contributed by atoms with Crippen LogP contribution in [0.1, 0.15) is 22.8 Å². The molecule has 0 aliphatic heterocycles. The van der Waals surface area contributed by atoms with E-state index < -0.39 is 5.97 Å². The number of rotatable bonds is 4. The SMILES string of the molecule is CCOC(=O)c1cc(O)cc(O)c1CSC. The van der Waals surface area contributed by atoms with Gasteiger partial charge in [0.2, 0.25) is 0 Å². The van der Waals surface area contributed by atoms with Crippen molar-refractivity contribution in [2.75, 3.05) is 12.9 Å². The number of carbonyl (C=O) groups is 1. The highest BCUT2D eigenvalue weighted by atomic mass is 32.2. The summed E-state index contributed by atoms with van der Waals surface area (Å²) in [6.07, 6.45) is 1.86. The first-order chi connectivity index (χ1) is 7.60. The molecule has 0 radical (unpaired) electrons. The number of phenolic OH excluding ortho intramolecular Hbond substituents is 2. The van der Waals surface area contributed by atoms with Crippen LogP contribution in [0, 0.1) is 0 Å². The van der Waals surface area contributed by atoms with E-state index in [1.165, 1.54) is 23.9 Å². The van der Waals surface area contributed by atoms with Crippen molar-refractivity contribution in [3.63, 3.8) is 0 Å². The third-order valence-electron chi connectivity index (χ3n) is 2.00. The highest BCUT2D eigenvalue weighted by molar-refractivity contribution is 7.97. The minimum atomic E-state index is -0.530. The Kier molecular flexibility index (Phi) is 4.49. The molecule has 0 aromatic heterocycles. The smallest absolute Gasteiger partial charge is 0.338 e. The average Bonchev–Trinajstić information content (AvgIpc) is 2.22. The number of thioether (sulfide) groups is 1. The molecule has 0 atom stereocenters. The van der Waals surface area contributed by atoms with Gasteiger partial charge in [0.1, 0.15) is 11.5 Å². The summed E-state index contributed by atoms with van der Waals surface area (Å²) in [6, 6.07) is 2.53. The zero-order valence-corrected chi connectivity index (χ0v) is 10.0. The molecule has 0 fully saturated rings. The van der Waals surface area contributed by atoms with Crippen LogP contribution in [0.15, 0.2) is 12.1 Å². The summed E-state index contributed by atoms with van der Waals surface area (Å²) in [5, 5.41) is 19.0. The molecule has 1 aromatic carbocycles. The van der Waals surface area contributed by atoms with Crippen molar-refractivity contribution in [2.45, 2.75) is 12.7 Å². The van der Waals surface area contributed by atoms with Crippen LogP contribution in [-0.4, -0.2) is 29.0 Å². The Morgan fingerprint density at radius 3 is 2.69 bits per heavy atom. The molecule has 0 amide bonds. The predicted octanol–water partition coefficient (Wildman–Crippen LogP) is 2.14. The van der Waals surface area contributed by atoms with E-state index in [0.717, 1.165) is 0 Å². The lowest BCUT2D eigenvalue weighted by molar-refractivity contribution is 0.0524. The van der Waals surface area contributed by atoms with E-state index in [1.54, 1.807) is 6.92 Å². The number of carbonyl (C=O) groups excluding carboxylic acids is 1. The molecule has 0 saturated carbocycles. The molecule has 1 rings (SSSR count). The molecular formula is C11H14O4S. The molecule has 0 bridgehead atoms. The number of aromatic hydroxyl groups is 2. The second-order valence-corrected chi connectivity index (χ2v) is 4.01. The van der Waals surface area contributed by atoms with Crippen molar-refractivity contribution in [1.29, 1.82) is 0 Å². The van der Waals surface area contributed by atoms with Crippen LogP contribution in [-0.2, 0) is 10.5 Å². The Morgan fingerprint density at radius 1 is 1.44 bits per heavy atom. The van der Waals surface area contributed by atoms with Gasteiger partial charge in [0, 0.05) is 17.4 Å². The summed E-state index contributed by atoms with van der Waals surface area (Å²) in [4.78, 5) is 11.6. The van der Waals surface area contributed by atoms with Gasteiger partial charge in [0.05, 0.1) is 12.2 Å². The molecule has 0 spiro atoms. The summed E-state index contributed by atoms with van der Waals surface area (Å²) in [6.45, 7) is 1.96. The fraction of sp³-hybridized carbons (Fsp3) is 0.364. The van der Waals surface area contributed by atoms with Gasteiger partial charge in [-0.1, -0.05) is 0 Å². The second-order valence-electron chi connectivity index (χ2n) is 3.14. The first-order valence-electron chi connectivity index (χ1n) is 4.81. The lowest BCUT2D eigenvalue weighted by atomic mass is 10.1. The average molecular weight is 242 g/mol. The van der Waals surface area contributed by atoms with E-state index in [1.807, 2.05) is 6.26 Å². The van der Waals surface area contributed by atoms with Gasteiger partial charge < -0.3 is 14.9 Å². The topological polar surface area (TPSA) is 66.8 Å². The zero-order chi connectivity index (χ0) is 12.1. The molecule has 0 unspecified atom stereocenters. The molecular weight excluding hydrogens is 228 g/mol. The lowest BCUT2D eigenvalue weighted by Gasteiger charge is -2.10. The van der Waals surface area contributed by atoms with Gasteiger partial charge in [-0.3, -0.25) is 0 Å². The Balaban J connectivity index is 3.17. The molecule has 0 aliphatic carbocycles. The minimum absolute atomic E-state index is 0.0857. The zero-order valence-electron chi connectivity index (χ0n) is 9.19. The molecule has 0 heterocycles. The van der Waals surface area contributed by atoms with Crippen LogP contribution >= 0.6 is 11.8 Å². The largest absolute Gasteiger partial charge is 0.508 e. The Labute approximate surface area is 98.2 Å². The van der Waals surface area contributed by atoms with Crippen LogP contribution in [0.25, 0.3) is 0 Å². The molecule has 1 aromatic rings. The quantitative estimate of drug-likeness (QED) is 0.792. The van der Waals surface area contributed by atoms with Crippen molar-refractivity contribution in [1.82, 2.24) is 0 Å². The predicted molar refractivity (Wildman–Crippen MR) is 62.9 cm³/mol.